The monoisotopic (exact) mass is 300 g/mol. The zero-order valence-electron chi connectivity index (χ0n) is 11.0. The Morgan fingerprint density at radius 3 is 2.38 bits per heavy atom. The van der Waals surface area contributed by atoms with E-state index >= 15 is 0 Å². The second kappa shape index (κ2) is 5.99. The Kier molecular flexibility index (Phi) is 4.30. The Bertz CT molecular complexity index is 611. The van der Waals surface area contributed by atoms with Gasteiger partial charge in [0.15, 0.2) is 0 Å². The van der Waals surface area contributed by atoms with Crippen LogP contribution in [0.2, 0.25) is 0 Å². The van der Waals surface area contributed by atoms with Crippen LogP contribution < -0.4 is 10.1 Å². The minimum Gasteiger partial charge on any atom is -0.439 e. The lowest BCUT2D eigenvalue weighted by molar-refractivity contribution is -0.137. The van der Waals surface area contributed by atoms with Crippen molar-refractivity contribution in [3.63, 3.8) is 0 Å². The minimum absolute atomic E-state index is 0.0597. The lowest BCUT2D eigenvalue weighted by Crippen LogP contribution is -2.08. The average molecular weight is 300 g/mol. The summed E-state index contributed by atoms with van der Waals surface area (Å²) in [4.78, 5) is 3.93. The van der Waals surface area contributed by atoms with Crippen LogP contribution in [0.1, 0.15) is 12.5 Å². The zero-order valence-corrected chi connectivity index (χ0v) is 11.0. The van der Waals surface area contributed by atoms with Crippen molar-refractivity contribution in [3.05, 3.63) is 47.8 Å². The molecule has 0 aliphatic heterocycles. The van der Waals surface area contributed by atoms with E-state index in [2.05, 4.69) is 10.3 Å². The molecule has 2 rings (SSSR count). The first-order chi connectivity index (χ1) is 9.88. The van der Waals surface area contributed by atoms with Gasteiger partial charge < -0.3 is 10.1 Å². The Balaban J connectivity index is 2.33. The van der Waals surface area contributed by atoms with E-state index in [0.29, 0.717) is 6.54 Å². The molecular formula is C14H12F4N2O. The van der Waals surface area contributed by atoms with Gasteiger partial charge in [0.25, 0.3) is 0 Å². The molecule has 0 spiro atoms. The number of rotatable bonds is 4. The lowest BCUT2D eigenvalue weighted by atomic mass is 10.2. The van der Waals surface area contributed by atoms with E-state index in [4.69, 9.17) is 4.74 Å². The number of hydrogen-bond donors (Lipinski definition) is 1. The van der Waals surface area contributed by atoms with Crippen molar-refractivity contribution in [1.29, 1.82) is 0 Å². The number of nitrogens with zero attached hydrogens (tertiary/aromatic N) is 1. The van der Waals surface area contributed by atoms with E-state index in [-0.39, 0.29) is 17.4 Å². The van der Waals surface area contributed by atoms with Crippen molar-refractivity contribution in [2.45, 2.75) is 13.1 Å². The smallest absolute Gasteiger partial charge is 0.416 e. The second-order valence-corrected chi connectivity index (χ2v) is 4.16. The summed E-state index contributed by atoms with van der Waals surface area (Å²) in [5, 5.41) is 2.70. The number of hydrogen-bond acceptors (Lipinski definition) is 3. The molecule has 0 aliphatic rings. The van der Waals surface area contributed by atoms with E-state index in [1.54, 1.807) is 6.92 Å². The largest absolute Gasteiger partial charge is 0.439 e. The van der Waals surface area contributed by atoms with Crippen LogP contribution in [-0.2, 0) is 6.18 Å². The number of alkyl halides is 3. The molecule has 1 aromatic heterocycles. The minimum atomic E-state index is -4.51. The normalized spacial score (nSPS) is 11.3. The van der Waals surface area contributed by atoms with Gasteiger partial charge in [0.05, 0.1) is 5.56 Å². The van der Waals surface area contributed by atoms with Gasteiger partial charge in [0, 0.05) is 12.6 Å². The van der Waals surface area contributed by atoms with Crippen LogP contribution in [0.3, 0.4) is 0 Å². The van der Waals surface area contributed by atoms with Crippen molar-refractivity contribution in [2.75, 3.05) is 11.9 Å². The van der Waals surface area contributed by atoms with Crippen molar-refractivity contribution < 1.29 is 22.3 Å². The number of halogens is 4. The van der Waals surface area contributed by atoms with Crippen molar-refractivity contribution in [2.24, 2.45) is 0 Å². The summed E-state index contributed by atoms with van der Waals surface area (Å²) >= 11 is 0. The first-order valence-corrected chi connectivity index (χ1v) is 6.15. The molecule has 0 atom stereocenters. The Morgan fingerprint density at radius 2 is 1.81 bits per heavy atom. The van der Waals surface area contributed by atoms with Crippen LogP contribution in [0, 0.1) is 5.82 Å². The molecule has 7 heteroatoms. The van der Waals surface area contributed by atoms with E-state index in [9.17, 15) is 17.6 Å². The van der Waals surface area contributed by atoms with Crippen LogP contribution in [-0.4, -0.2) is 11.5 Å². The van der Waals surface area contributed by atoms with Gasteiger partial charge in [-0.25, -0.2) is 4.39 Å². The van der Waals surface area contributed by atoms with Crippen molar-refractivity contribution in [3.8, 4) is 11.6 Å². The van der Waals surface area contributed by atoms with Crippen LogP contribution in [0.4, 0.5) is 23.4 Å². The molecule has 0 saturated heterocycles. The Hall–Kier alpha value is -2.31. The summed E-state index contributed by atoms with van der Waals surface area (Å²) in [6, 6.07) is 6.61. The number of nitrogens with one attached hydrogen (secondary N) is 1. The fourth-order valence-corrected chi connectivity index (χ4v) is 1.62. The second-order valence-electron chi connectivity index (χ2n) is 4.16. The van der Waals surface area contributed by atoms with E-state index in [0.717, 1.165) is 24.3 Å². The molecule has 1 N–H and O–H groups in total. The van der Waals surface area contributed by atoms with Crippen LogP contribution in [0.15, 0.2) is 36.4 Å². The van der Waals surface area contributed by atoms with Crippen molar-refractivity contribution >= 4 is 5.82 Å². The maximum atomic E-state index is 12.8. The Morgan fingerprint density at radius 1 is 1.14 bits per heavy atom. The van der Waals surface area contributed by atoms with Crippen molar-refractivity contribution in [1.82, 2.24) is 4.98 Å². The van der Waals surface area contributed by atoms with Crippen LogP contribution in [0.25, 0.3) is 0 Å². The molecule has 1 heterocycles. The number of anilines is 1. The highest BCUT2D eigenvalue weighted by Crippen LogP contribution is 2.33. The SMILES string of the molecule is CCNc1cc(C(F)(F)F)cc(Oc2ccc(F)cc2)n1. The van der Waals surface area contributed by atoms with Gasteiger partial charge >= 0.3 is 6.18 Å². The molecule has 0 amide bonds. The summed E-state index contributed by atoms with van der Waals surface area (Å²) in [6.07, 6.45) is -4.51. The zero-order chi connectivity index (χ0) is 15.5. The molecule has 1 aromatic carbocycles. The third kappa shape index (κ3) is 4.08. The summed E-state index contributed by atoms with van der Waals surface area (Å²) < 4.78 is 56.5. The molecule has 21 heavy (non-hydrogen) atoms. The predicted molar refractivity (Wildman–Crippen MR) is 69.9 cm³/mol. The van der Waals surface area contributed by atoms with Gasteiger partial charge in [-0.1, -0.05) is 0 Å². The highest BCUT2D eigenvalue weighted by Gasteiger charge is 2.32. The Labute approximate surface area is 118 Å². The molecule has 112 valence electrons. The van der Waals surface area contributed by atoms with E-state index in [1.165, 1.54) is 12.1 Å². The summed E-state index contributed by atoms with van der Waals surface area (Å²) in [5.41, 5.74) is -0.870. The summed E-state index contributed by atoms with van der Waals surface area (Å²) in [5.74, 6) is -0.421. The first-order valence-electron chi connectivity index (χ1n) is 6.15. The van der Waals surface area contributed by atoms with Gasteiger partial charge in [-0.3, -0.25) is 0 Å². The molecule has 0 bridgehead atoms. The number of aromatic nitrogens is 1. The molecule has 0 unspecified atom stereocenters. The molecule has 2 aromatic rings. The molecule has 0 saturated carbocycles. The topological polar surface area (TPSA) is 34.1 Å². The number of benzene rings is 1. The molecule has 0 radical (unpaired) electrons. The average Bonchev–Trinajstić information content (AvgIpc) is 2.41. The van der Waals surface area contributed by atoms with Crippen LogP contribution >= 0.6 is 0 Å². The molecule has 0 fully saturated rings. The summed E-state index contributed by atoms with van der Waals surface area (Å²) in [7, 11) is 0. The summed E-state index contributed by atoms with van der Waals surface area (Å²) in [6.45, 7) is 2.16. The van der Waals surface area contributed by atoms with E-state index < -0.39 is 17.6 Å². The number of ether oxygens (including phenoxy) is 1. The van der Waals surface area contributed by atoms with Gasteiger partial charge in [0.2, 0.25) is 5.88 Å². The highest BCUT2D eigenvalue weighted by atomic mass is 19.4. The van der Waals surface area contributed by atoms with Gasteiger partial charge in [0.1, 0.15) is 17.4 Å². The third-order valence-corrected chi connectivity index (χ3v) is 2.52. The predicted octanol–water partition coefficient (Wildman–Crippen LogP) is 4.46. The van der Waals surface area contributed by atoms with Gasteiger partial charge in [-0.2, -0.15) is 18.2 Å². The fourth-order valence-electron chi connectivity index (χ4n) is 1.62. The number of pyridine rings is 1. The molecule has 0 aliphatic carbocycles. The lowest BCUT2D eigenvalue weighted by Gasteiger charge is -2.12. The first kappa shape index (κ1) is 15.1. The highest BCUT2D eigenvalue weighted by molar-refractivity contribution is 5.43. The fraction of sp³-hybridized carbons (Fsp3) is 0.214. The quantitative estimate of drug-likeness (QED) is 0.846. The van der Waals surface area contributed by atoms with Gasteiger partial charge in [-0.05, 0) is 37.3 Å². The maximum Gasteiger partial charge on any atom is 0.416 e. The third-order valence-electron chi connectivity index (χ3n) is 2.52. The van der Waals surface area contributed by atoms with E-state index in [1.807, 2.05) is 0 Å². The molecule has 3 nitrogen and oxygen atoms in total. The van der Waals surface area contributed by atoms with Gasteiger partial charge in [-0.15, -0.1) is 0 Å². The maximum absolute atomic E-state index is 12.8. The van der Waals surface area contributed by atoms with Crippen LogP contribution in [0.5, 0.6) is 11.6 Å². The standard InChI is InChI=1S/C14H12F4N2O/c1-2-19-12-7-9(14(16,17)18)8-13(20-12)21-11-5-3-10(15)4-6-11/h3-8H,2H2,1H3,(H,19,20). The molecular weight excluding hydrogens is 288 g/mol.